The van der Waals surface area contributed by atoms with Crippen LogP contribution in [0.15, 0.2) is 30.3 Å². The standard InChI is InChI=1S/C6H6NO/c7-8-6-4-2-1-3-5-6/h1-5,7H. The van der Waals surface area contributed by atoms with Crippen LogP contribution in [0, 0.1) is 0 Å². The minimum absolute atomic E-state index is 0.576. The number of benzene rings is 1. The van der Waals surface area contributed by atoms with Crippen LogP contribution in [0.1, 0.15) is 0 Å². The first-order valence-corrected chi connectivity index (χ1v) is 2.32. The highest BCUT2D eigenvalue weighted by Crippen LogP contribution is 2.04. The van der Waals surface area contributed by atoms with Gasteiger partial charge < -0.3 is 4.84 Å². The molecule has 0 atom stereocenters. The topological polar surface area (TPSA) is 33.0 Å². The van der Waals surface area contributed by atoms with Crippen molar-refractivity contribution >= 4 is 0 Å². The summed E-state index contributed by atoms with van der Waals surface area (Å²) in [5, 5.41) is 0. The fraction of sp³-hybridized carbons (Fsp3) is 0. The average Bonchev–Trinajstić information content (AvgIpc) is 1.90. The summed E-state index contributed by atoms with van der Waals surface area (Å²) >= 11 is 0. The number of hydrogen-bond donors (Lipinski definition) is 0. The minimum atomic E-state index is 0.576. The first-order valence-electron chi connectivity index (χ1n) is 2.32. The van der Waals surface area contributed by atoms with Crippen LogP contribution in [0.5, 0.6) is 5.75 Å². The summed E-state index contributed by atoms with van der Waals surface area (Å²) in [6, 6.07) is 8.98. The van der Waals surface area contributed by atoms with Crippen LogP contribution in [0.25, 0.3) is 0 Å². The number of para-hydroxylation sites is 1. The van der Waals surface area contributed by atoms with Crippen LogP contribution in [0.4, 0.5) is 0 Å². The van der Waals surface area contributed by atoms with Crippen molar-refractivity contribution in [1.82, 2.24) is 5.90 Å². The highest BCUT2D eigenvalue weighted by molar-refractivity contribution is 5.20. The molecule has 1 aromatic rings. The predicted molar refractivity (Wildman–Crippen MR) is 30.2 cm³/mol. The van der Waals surface area contributed by atoms with Crippen LogP contribution in [-0.2, 0) is 0 Å². The van der Waals surface area contributed by atoms with E-state index < -0.39 is 0 Å². The van der Waals surface area contributed by atoms with Gasteiger partial charge in [-0.2, -0.15) is 0 Å². The second-order valence-corrected chi connectivity index (χ2v) is 1.42. The van der Waals surface area contributed by atoms with Crippen molar-refractivity contribution in [1.29, 1.82) is 0 Å². The quantitative estimate of drug-likeness (QED) is 0.498. The van der Waals surface area contributed by atoms with E-state index in [0.29, 0.717) is 5.75 Å². The van der Waals surface area contributed by atoms with Crippen LogP contribution in [0.2, 0.25) is 0 Å². The van der Waals surface area contributed by atoms with Crippen molar-refractivity contribution in [3.63, 3.8) is 0 Å². The number of hydrogen-bond acceptors (Lipinski definition) is 1. The number of nitrogens with one attached hydrogen (secondary N) is 1. The lowest BCUT2D eigenvalue weighted by Crippen LogP contribution is -1.83. The molecule has 0 amide bonds. The molecule has 41 valence electrons. The third-order valence-electron chi connectivity index (χ3n) is 0.861. The Kier molecular flexibility index (Phi) is 1.49. The summed E-state index contributed by atoms with van der Waals surface area (Å²) < 4.78 is 0. The molecule has 0 heterocycles. The van der Waals surface area contributed by atoms with E-state index >= 15 is 0 Å². The Labute approximate surface area is 47.8 Å². The maximum atomic E-state index is 6.44. The summed E-state index contributed by atoms with van der Waals surface area (Å²) in [4.78, 5) is 4.16. The third-order valence-corrected chi connectivity index (χ3v) is 0.861. The SMILES string of the molecule is [NH]Oc1ccccc1. The molecule has 0 unspecified atom stereocenters. The van der Waals surface area contributed by atoms with Crippen LogP contribution >= 0.6 is 0 Å². The fourth-order valence-electron chi connectivity index (χ4n) is 0.489. The van der Waals surface area contributed by atoms with E-state index in [-0.39, 0.29) is 0 Å². The first-order chi connectivity index (χ1) is 3.93. The lowest BCUT2D eigenvalue weighted by Gasteiger charge is -1.91. The zero-order valence-corrected chi connectivity index (χ0v) is 4.29. The molecule has 0 saturated heterocycles. The molecule has 0 fully saturated rings. The van der Waals surface area contributed by atoms with Gasteiger partial charge in [-0.05, 0) is 12.1 Å². The zero-order valence-electron chi connectivity index (χ0n) is 4.29. The van der Waals surface area contributed by atoms with Gasteiger partial charge in [0, 0.05) is 0 Å². The Morgan fingerprint density at radius 3 is 2.12 bits per heavy atom. The first kappa shape index (κ1) is 5.12. The summed E-state index contributed by atoms with van der Waals surface area (Å²) in [6.45, 7) is 0. The Hall–Kier alpha value is -1.02. The summed E-state index contributed by atoms with van der Waals surface area (Å²) in [6.07, 6.45) is 0. The average molecular weight is 108 g/mol. The zero-order chi connectivity index (χ0) is 5.82. The summed E-state index contributed by atoms with van der Waals surface area (Å²) in [5.74, 6) is 7.02. The van der Waals surface area contributed by atoms with Crippen molar-refractivity contribution in [2.75, 3.05) is 0 Å². The van der Waals surface area contributed by atoms with Gasteiger partial charge in [0.25, 0.3) is 0 Å². The number of rotatable bonds is 1. The van der Waals surface area contributed by atoms with Crippen LogP contribution in [-0.4, -0.2) is 0 Å². The maximum absolute atomic E-state index is 6.44. The van der Waals surface area contributed by atoms with E-state index in [0.717, 1.165) is 0 Å². The van der Waals surface area contributed by atoms with E-state index in [1.54, 1.807) is 12.1 Å². The monoisotopic (exact) mass is 108 g/mol. The molecule has 1 aromatic carbocycles. The molecular formula is C6H6NO. The Morgan fingerprint density at radius 2 is 1.75 bits per heavy atom. The minimum Gasteiger partial charge on any atom is -0.391 e. The molecule has 1 radical (unpaired) electrons. The van der Waals surface area contributed by atoms with E-state index in [9.17, 15) is 0 Å². The Morgan fingerprint density at radius 1 is 1.12 bits per heavy atom. The largest absolute Gasteiger partial charge is 0.391 e. The van der Waals surface area contributed by atoms with Crippen molar-refractivity contribution in [3.05, 3.63) is 30.3 Å². The lowest BCUT2D eigenvalue weighted by atomic mass is 10.3. The van der Waals surface area contributed by atoms with Crippen molar-refractivity contribution in [2.45, 2.75) is 0 Å². The molecule has 2 nitrogen and oxygen atoms in total. The van der Waals surface area contributed by atoms with Gasteiger partial charge in [-0.15, -0.1) is 0 Å². The Bertz CT molecular complexity index is 150. The lowest BCUT2D eigenvalue weighted by molar-refractivity contribution is 0.309. The van der Waals surface area contributed by atoms with Gasteiger partial charge in [-0.1, -0.05) is 24.1 Å². The fourth-order valence-corrected chi connectivity index (χ4v) is 0.489. The van der Waals surface area contributed by atoms with E-state index in [1.165, 1.54) is 0 Å². The molecule has 1 N–H and O–H groups in total. The van der Waals surface area contributed by atoms with Gasteiger partial charge >= 0.3 is 0 Å². The molecule has 8 heavy (non-hydrogen) atoms. The Balaban J connectivity index is 2.83. The van der Waals surface area contributed by atoms with Gasteiger partial charge in [-0.3, -0.25) is 0 Å². The molecule has 0 aliphatic carbocycles. The molecule has 0 aliphatic rings. The van der Waals surface area contributed by atoms with Gasteiger partial charge in [0.1, 0.15) is 5.75 Å². The third kappa shape index (κ3) is 0.978. The smallest absolute Gasteiger partial charge is 0.149 e. The summed E-state index contributed by atoms with van der Waals surface area (Å²) in [5.41, 5.74) is 0. The van der Waals surface area contributed by atoms with Crippen molar-refractivity contribution in [3.8, 4) is 5.75 Å². The highest BCUT2D eigenvalue weighted by Gasteiger charge is 1.82. The van der Waals surface area contributed by atoms with Gasteiger partial charge in [0.2, 0.25) is 0 Å². The maximum Gasteiger partial charge on any atom is 0.149 e. The molecule has 2 heteroatoms. The van der Waals surface area contributed by atoms with E-state index in [1.807, 2.05) is 18.2 Å². The van der Waals surface area contributed by atoms with E-state index in [2.05, 4.69) is 4.84 Å². The van der Waals surface area contributed by atoms with E-state index in [4.69, 9.17) is 5.90 Å². The van der Waals surface area contributed by atoms with Crippen molar-refractivity contribution < 1.29 is 4.84 Å². The molecule has 0 aliphatic heterocycles. The molecule has 0 bridgehead atoms. The van der Waals surface area contributed by atoms with Crippen LogP contribution < -0.4 is 10.7 Å². The molecule has 1 rings (SSSR count). The molecule has 0 saturated carbocycles. The second-order valence-electron chi connectivity index (χ2n) is 1.42. The normalized spacial score (nSPS) is 8.62. The second kappa shape index (κ2) is 2.33. The molecular weight excluding hydrogens is 102 g/mol. The summed E-state index contributed by atoms with van der Waals surface area (Å²) in [7, 11) is 0. The molecule has 0 spiro atoms. The van der Waals surface area contributed by atoms with Gasteiger partial charge in [-0.25, -0.2) is 0 Å². The highest BCUT2D eigenvalue weighted by atomic mass is 16.6. The van der Waals surface area contributed by atoms with Crippen molar-refractivity contribution in [2.24, 2.45) is 0 Å². The molecule has 0 aromatic heterocycles. The van der Waals surface area contributed by atoms with Crippen LogP contribution in [0.3, 0.4) is 0 Å². The van der Waals surface area contributed by atoms with Gasteiger partial charge in [0.05, 0.1) is 0 Å². The van der Waals surface area contributed by atoms with Gasteiger partial charge in [0.15, 0.2) is 0 Å². The predicted octanol–water partition coefficient (Wildman–Crippen LogP) is 1.26.